The van der Waals surface area contributed by atoms with Crippen LogP contribution in [-0.2, 0) is 0 Å². The van der Waals surface area contributed by atoms with Crippen LogP contribution >= 0.6 is 11.3 Å². The highest BCUT2D eigenvalue weighted by molar-refractivity contribution is 7.09. The highest BCUT2D eigenvalue weighted by atomic mass is 32.1. The van der Waals surface area contributed by atoms with E-state index in [0.717, 1.165) is 10.6 Å². The van der Waals surface area contributed by atoms with E-state index < -0.39 is 0 Å². The summed E-state index contributed by atoms with van der Waals surface area (Å²) < 4.78 is 12.8. The van der Waals surface area contributed by atoms with Gasteiger partial charge in [-0.3, -0.25) is 0 Å². The number of nitrogens with one attached hydrogen (secondary N) is 1. The Hall–Kier alpha value is -1.26. The van der Waals surface area contributed by atoms with Gasteiger partial charge in [0.2, 0.25) is 0 Å². The molecule has 1 aromatic heterocycles. The summed E-state index contributed by atoms with van der Waals surface area (Å²) >= 11 is 1.64. The quantitative estimate of drug-likeness (QED) is 0.895. The van der Waals surface area contributed by atoms with Crippen molar-refractivity contribution in [2.45, 2.75) is 25.9 Å². The maximum Gasteiger partial charge on any atom is 0.123 e. The van der Waals surface area contributed by atoms with Crippen molar-refractivity contribution in [1.29, 1.82) is 0 Å². The van der Waals surface area contributed by atoms with E-state index in [-0.39, 0.29) is 17.9 Å². The predicted molar refractivity (Wildman–Crippen MR) is 68.5 cm³/mol. The summed E-state index contributed by atoms with van der Waals surface area (Å²) in [5.41, 5.74) is 1.08. The summed E-state index contributed by atoms with van der Waals surface area (Å²) in [6, 6.07) is 6.97. The van der Waals surface area contributed by atoms with Crippen molar-refractivity contribution < 1.29 is 4.39 Å². The largest absolute Gasteiger partial charge is 0.302 e. The van der Waals surface area contributed by atoms with E-state index in [1.54, 1.807) is 17.5 Å². The molecule has 0 aliphatic carbocycles. The molecule has 0 spiro atoms. The first-order valence-corrected chi connectivity index (χ1v) is 6.45. The fourth-order valence-corrected chi connectivity index (χ4v) is 2.40. The molecule has 0 aliphatic rings. The molecule has 0 fully saturated rings. The van der Waals surface area contributed by atoms with Crippen LogP contribution in [0, 0.1) is 5.82 Å². The summed E-state index contributed by atoms with van der Waals surface area (Å²) in [4.78, 5) is 4.27. The van der Waals surface area contributed by atoms with Crippen LogP contribution in [0.15, 0.2) is 35.8 Å². The smallest absolute Gasteiger partial charge is 0.123 e. The van der Waals surface area contributed by atoms with Gasteiger partial charge in [0, 0.05) is 17.6 Å². The molecule has 1 aromatic carbocycles. The lowest BCUT2D eigenvalue weighted by Gasteiger charge is -2.18. The predicted octanol–water partition coefficient (Wildman–Crippen LogP) is 3.69. The Labute approximate surface area is 105 Å². The topological polar surface area (TPSA) is 24.9 Å². The second kappa shape index (κ2) is 5.38. The van der Waals surface area contributed by atoms with Gasteiger partial charge in [-0.05, 0) is 31.5 Å². The third kappa shape index (κ3) is 3.11. The van der Waals surface area contributed by atoms with Crippen LogP contribution in [-0.4, -0.2) is 4.98 Å². The van der Waals surface area contributed by atoms with Gasteiger partial charge in [-0.1, -0.05) is 12.1 Å². The molecule has 0 bridgehead atoms. The number of aromatic nitrogens is 1. The van der Waals surface area contributed by atoms with Crippen LogP contribution in [0.1, 0.15) is 36.5 Å². The van der Waals surface area contributed by atoms with Crippen LogP contribution in [0.4, 0.5) is 4.39 Å². The van der Waals surface area contributed by atoms with Crippen LogP contribution in [0.5, 0.6) is 0 Å². The van der Waals surface area contributed by atoms with Crippen molar-refractivity contribution in [3.8, 4) is 0 Å². The molecular formula is C13H15FN2S. The van der Waals surface area contributed by atoms with Crippen molar-refractivity contribution in [2.24, 2.45) is 0 Å². The van der Waals surface area contributed by atoms with Crippen LogP contribution < -0.4 is 5.32 Å². The molecule has 0 aliphatic heterocycles. The summed E-state index contributed by atoms with van der Waals surface area (Å²) in [5.74, 6) is -0.200. The van der Waals surface area contributed by atoms with Crippen LogP contribution in [0.3, 0.4) is 0 Å². The van der Waals surface area contributed by atoms with E-state index >= 15 is 0 Å². The molecule has 2 rings (SSSR count). The molecule has 1 N–H and O–H groups in total. The van der Waals surface area contributed by atoms with Crippen molar-refractivity contribution in [1.82, 2.24) is 10.3 Å². The lowest BCUT2D eigenvalue weighted by atomic mass is 10.1. The maximum atomic E-state index is 12.8. The number of rotatable bonds is 4. The Balaban J connectivity index is 2.01. The number of thiazole rings is 1. The summed E-state index contributed by atoms with van der Waals surface area (Å²) in [6.45, 7) is 4.15. The van der Waals surface area contributed by atoms with Gasteiger partial charge in [0.15, 0.2) is 0 Å². The van der Waals surface area contributed by atoms with Gasteiger partial charge in [0.25, 0.3) is 0 Å². The molecule has 0 saturated heterocycles. The zero-order valence-corrected chi connectivity index (χ0v) is 10.7. The fraction of sp³-hybridized carbons (Fsp3) is 0.308. The SMILES string of the molecule is CC(N[C@@H](C)c1ccc(F)cc1)c1nccs1. The van der Waals surface area contributed by atoms with Crippen LogP contribution in [0.2, 0.25) is 0 Å². The molecule has 2 aromatic rings. The monoisotopic (exact) mass is 250 g/mol. The van der Waals surface area contributed by atoms with E-state index in [1.165, 1.54) is 12.1 Å². The molecule has 4 heteroatoms. The van der Waals surface area contributed by atoms with Crippen molar-refractivity contribution in [3.63, 3.8) is 0 Å². The summed E-state index contributed by atoms with van der Waals surface area (Å²) in [6.07, 6.45) is 1.81. The lowest BCUT2D eigenvalue weighted by Crippen LogP contribution is -2.22. The van der Waals surface area contributed by atoms with Crippen molar-refractivity contribution >= 4 is 11.3 Å². The minimum atomic E-state index is -0.200. The fourth-order valence-electron chi connectivity index (χ4n) is 1.74. The summed E-state index contributed by atoms with van der Waals surface area (Å²) in [5, 5.41) is 6.48. The molecule has 1 unspecified atom stereocenters. The number of hydrogen-bond acceptors (Lipinski definition) is 3. The van der Waals surface area contributed by atoms with E-state index in [9.17, 15) is 4.39 Å². The van der Waals surface area contributed by atoms with Crippen molar-refractivity contribution in [3.05, 3.63) is 52.2 Å². The van der Waals surface area contributed by atoms with E-state index in [4.69, 9.17) is 0 Å². The van der Waals surface area contributed by atoms with Gasteiger partial charge in [-0.15, -0.1) is 11.3 Å². The molecular weight excluding hydrogens is 235 g/mol. The molecule has 1 heterocycles. The van der Waals surface area contributed by atoms with Crippen molar-refractivity contribution in [2.75, 3.05) is 0 Å². The zero-order valence-electron chi connectivity index (χ0n) is 9.85. The third-order valence-corrected chi connectivity index (χ3v) is 3.65. The van der Waals surface area contributed by atoms with Gasteiger partial charge in [0.05, 0.1) is 6.04 Å². The van der Waals surface area contributed by atoms with Gasteiger partial charge in [-0.25, -0.2) is 9.37 Å². The number of nitrogens with zero attached hydrogens (tertiary/aromatic N) is 1. The highest BCUT2D eigenvalue weighted by Crippen LogP contribution is 2.20. The average molecular weight is 250 g/mol. The lowest BCUT2D eigenvalue weighted by molar-refractivity contribution is 0.492. The standard InChI is InChI=1S/C13H15FN2S/c1-9(11-3-5-12(14)6-4-11)16-10(2)13-15-7-8-17-13/h3-10,16H,1-2H3/t9-,10?/m0/s1. The third-order valence-electron chi connectivity index (χ3n) is 2.69. The molecule has 0 radical (unpaired) electrons. The average Bonchev–Trinajstić information content (AvgIpc) is 2.83. The Morgan fingerprint density at radius 3 is 2.47 bits per heavy atom. The second-order valence-corrected chi connectivity index (χ2v) is 4.96. The minimum Gasteiger partial charge on any atom is -0.302 e. The van der Waals surface area contributed by atoms with Gasteiger partial charge in [0.1, 0.15) is 10.8 Å². The zero-order chi connectivity index (χ0) is 12.3. The number of benzene rings is 1. The first kappa shape index (κ1) is 12.2. The van der Waals surface area contributed by atoms with Gasteiger partial charge in [-0.2, -0.15) is 0 Å². The number of hydrogen-bond donors (Lipinski definition) is 1. The number of halogens is 1. The van der Waals surface area contributed by atoms with E-state index in [0.29, 0.717) is 0 Å². The van der Waals surface area contributed by atoms with Crippen LogP contribution in [0.25, 0.3) is 0 Å². The normalized spacial score (nSPS) is 14.5. The molecule has 90 valence electrons. The second-order valence-electron chi connectivity index (χ2n) is 4.03. The first-order valence-electron chi connectivity index (χ1n) is 5.57. The van der Waals surface area contributed by atoms with Gasteiger partial charge < -0.3 is 5.32 Å². The minimum absolute atomic E-state index is 0.175. The Kier molecular flexibility index (Phi) is 3.86. The molecule has 17 heavy (non-hydrogen) atoms. The highest BCUT2D eigenvalue weighted by Gasteiger charge is 2.12. The Morgan fingerprint density at radius 2 is 1.88 bits per heavy atom. The maximum absolute atomic E-state index is 12.8. The Morgan fingerprint density at radius 1 is 1.18 bits per heavy atom. The molecule has 0 amide bonds. The van der Waals surface area contributed by atoms with Gasteiger partial charge >= 0.3 is 0 Å². The summed E-state index contributed by atoms with van der Waals surface area (Å²) in [7, 11) is 0. The Bertz CT molecular complexity index is 453. The first-order chi connectivity index (χ1) is 8.16. The van der Waals surface area contributed by atoms with E-state index in [2.05, 4.69) is 24.1 Å². The molecule has 2 atom stereocenters. The molecule has 0 saturated carbocycles. The molecule has 2 nitrogen and oxygen atoms in total. The van der Waals surface area contributed by atoms with E-state index in [1.807, 2.05) is 17.5 Å².